The molecule has 10 nitrogen and oxygen atoms in total. The Morgan fingerprint density at radius 3 is 2.61 bits per heavy atom. The van der Waals surface area contributed by atoms with Crippen molar-refractivity contribution < 1.29 is 22.8 Å². The molecule has 5 N–H and O–H groups in total. The van der Waals surface area contributed by atoms with Crippen LogP contribution in [0.1, 0.15) is 47.8 Å². The Bertz CT molecular complexity index is 1510. The minimum Gasteiger partial charge on any atom is -0.373 e. The van der Waals surface area contributed by atoms with E-state index in [9.17, 15) is 27.6 Å². The number of hydrogen-bond donors (Lipinski definition) is 4. The summed E-state index contributed by atoms with van der Waals surface area (Å²) < 4.78 is 40.5. The average Bonchev–Trinajstić information content (AvgIpc) is 3.20. The monoisotopic (exact) mass is 525 g/mol. The van der Waals surface area contributed by atoms with Gasteiger partial charge in [-0.3, -0.25) is 19.5 Å². The number of nitrogens with one attached hydrogen (secondary N) is 3. The number of rotatable bonds is 6. The zero-order valence-corrected chi connectivity index (χ0v) is 20.0. The van der Waals surface area contributed by atoms with Crippen molar-refractivity contribution in [2.24, 2.45) is 5.73 Å². The molecule has 0 spiro atoms. The molecule has 13 heteroatoms. The van der Waals surface area contributed by atoms with Crippen LogP contribution in [0.4, 0.5) is 35.2 Å². The molecular weight excluding hydrogens is 503 g/mol. The highest BCUT2D eigenvalue weighted by Gasteiger charge is 2.36. The van der Waals surface area contributed by atoms with Crippen molar-refractivity contribution in [1.82, 2.24) is 9.55 Å². The number of primary amides is 1. The van der Waals surface area contributed by atoms with Gasteiger partial charge in [0.25, 0.3) is 5.56 Å². The highest BCUT2D eigenvalue weighted by atomic mass is 19.4. The highest BCUT2D eigenvalue weighted by Crippen LogP contribution is 2.35. The maximum Gasteiger partial charge on any atom is 0.416 e. The molecule has 0 aliphatic carbocycles. The topological polar surface area (TPSA) is 155 Å². The summed E-state index contributed by atoms with van der Waals surface area (Å²) in [6.45, 7) is 1.53. The van der Waals surface area contributed by atoms with Crippen LogP contribution >= 0.6 is 0 Å². The third-order valence-corrected chi connectivity index (χ3v) is 6.01. The van der Waals surface area contributed by atoms with Gasteiger partial charge < -0.3 is 16.4 Å². The van der Waals surface area contributed by atoms with Crippen molar-refractivity contribution in [3.8, 4) is 6.07 Å². The van der Waals surface area contributed by atoms with Gasteiger partial charge in [-0.15, -0.1) is 0 Å². The first-order valence-electron chi connectivity index (χ1n) is 11.4. The summed E-state index contributed by atoms with van der Waals surface area (Å²) in [5, 5.41) is 16.9. The zero-order valence-electron chi connectivity index (χ0n) is 20.0. The summed E-state index contributed by atoms with van der Waals surface area (Å²) in [6.07, 6.45) is -4.33. The van der Waals surface area contributed by atoms with Crippen molar-refractivity contribution >= 4 is 29.1 Å². The van der Waals surface area contributed by atoms with Crippen LogP contribution in [0.5, 0.6) is 0 Å². The molecule has 1 aliphatic rings. The first-order chi connectivity index (χ1) is 18.0. The summed E-state index contributed by atoms with van der Waals surface area (Å²) >= 11 is 0. The molecular formula is C25H22F3N7O3. The second kappa shape index (κ2) is 10.3. The first kappa shape index (κ1) is 26.2. The Labute approximate surface area is 214 Å². The zero-order chi connectivity index (χ0) is 27.6. The SMILES string of the molecule is CC1CC(C(N)=O)n2c1nc(NC(=O)Nc1cccc(C#N)c1)c(NCc1cccc(C(F)(F)F)c1)c2=O. The first-order valence-corrected chi connectivity index (χ1v) is 11.4. The van der Waals surface area contributed by atoms with Crippen LogP contribution in [0.15, 0.2) is 53.3 Å². The summed E-state index contributed by atoms with van der Waals surface area (Å²) in [5.41, 5.74) is 4.52. The standard InChI is InChI=1S/C25H22F3N7O3/c1-13-8-18(20(30)36)35-22(13)33-21(34-24(38)32-17-7-3-4-14(10-17)11-29)19(23(35)37)31-12-15-5-2-6-16(9-15)25(26,27)28/h2-7,9-10,13,18,31H,8,12H2,1H3,(H2,30,36)(H2,32,34,38). The van der Waals surface area contributed by atoms with E-state index in [0.717, 1.165) is 16.7 Å². The summed E-state index contributed by atoms with van der Waals surface area (Å²) in [5.74, 6) is -1.03. The molecule has 196 valence electrons. The number of hydrogen-bond acceptors (Lipinski definition) is 6. The van der Waals surface area contributed by atoms with Crippen LogP contribution in [0.3, 0.4) is 0 Å². The molecule has 2 heterocycles. The van der Waals surface area contributed by atoms with E-state index in [1.807, 2.05) is 6.07 Å². The number of fused-ring (bicyclic) bond motifs is 1. The Morgan fingerprint density at radius 2 is 1.92 bits per heavy atom. The van der Waals surface area contributed by atoms with Gasteiger partial charge in [0.05, 0.1) is 17.2 Å². The lowest BCUT2D eigenvalue weighted by atomic mass is 10.1. The quantitative estimate of drug-likeness (QED) is 0.382. The molecule has 3 amide bonds. The lowest BCUT2D eigenvalue weighted by molar-refractivity contribution is -0.137. The van der Waals surface area contributed by atoms with Crippen molar-refractivity contribution in [2.45, 2.75) is 38.0 Å². The van der Waals surface area contributed by atoms with Crippen LogP contribution in [0, 0.1) is 11.3 Å². The van der Waals surface area contributed by atoms with Gasteiger partial charge in [-0.1, -0.05) is 25.1 Å². The fourth-order valence-corrected chi connectivity index (χ4v) is 4.22. The minimum absolute atomic E-state index is 0.181. The molecule has 0 bridgehead atoms. The average molecular weight is 525 g/mol. The number of nitrogens with zero attached hydrogens (tertiary/aromatic N) is 3. The number of amides is 3. The molecule has 0 radical (unpaired) electrons. The van der Waals surface area contributed by atoms with Crippen molar-refractivity contribution in [1.29, 1.82) is 5.26 Å². The van der Waals surface area contributed by atoms with Gasteiger partial charge in [0.1, 0.15) is 17.6 Å². The van der Waals surface area contributed by atoms with Crippen LogP contribution in [-0.2, 0) is 17.5 Å². The summed E-state index contributed by atoms with van der Waals surface area (Å²) in [6, 6.07) is 10.9. The molecule has 0 fully saturated rings. The smallest absolute Gasteiger partial charge is 0.373 e. The number of benzene rings is 2. The molecule has 1 aromatic heterocycles. The van der Waals surface area contributed by atoms with E-state index in [2.05, 4.69) is 20.9 Å². The molecule has 2 unspecified atom stereocenters. The van der Waals surface area contributed by atoms with E-state index in [0.29, 0.717) is 11.3 Å². The van der Waals surface area contributed by atoms with Crippen molar-refractivity contribution in [3.63, 3.8) is 0 Å². The maximum absolute atomic E-state index is 13.5. The Hall–Kier alpha value is -4.86. The number of halogens is 3. The van der Waals surface area contributed by atoms with E-state index in [1.165, 1.54) is 18.2 Å². The fraction of sp³-hybridized carbons (Fsp3) is 0.240. The molecule has 38 heavy (non-hydrogen) atoms. The number of nitrogens with two attached hydrogens (primary N) is 1. The highest BCUT2D eigenvalue weighted by molar-refractivity contribution is 6.01. The molecule has 3 aromatic rings. The van der Waals surface area contributed by atoms with Crippen LogP contribution < -0.4 is 27.2 Å². The number of alkyl halides is 3. The normalized spacial score (nSPS) is 16.3. The molecule has 2 aromatic carbocycles. The lowest BCUT2D eigenvalue weighted by Crippen LogP contribution is -2.35. The summed E-state index contributed by atoms with van der Waals surface area (Å²) in [7, 11) is 0. The molecule has 1 aliphatic heterocycles. The lowest BCUT2D eigenvalue weighted by Gasteiger charge is -2.18. The van der Waals surface area contributed by atoms with Gasteiger partial charge in [0.15, 0.2) is 5.82 Å². The number of carbonyl (C=O) groups is 2. The van der Waals surface area contributed by atoms with Gasteiger partial charge in [-0.25, -0.2) is 9.78 Å². The van der Waals surface area contributed by atoms with E-state index in [-0.39, 0.29) is 41.8 Å². The summed E-state index contributed by atoms with van der Waals surface area (Å²) in [4.78, 5) is 42.6. The Kier molecular flexibility index (Phi) is 7.07. The number of aromatic nitrogens is 2. The second-order valence-corrected chi connectivity index (χ2v) is 8.75. The third-order valence-electron chi connectivity index (χ3n) is 6.01. The second-order valence-electron chi connectivity index (χ2n) is 8.75. The van der Waals surface area contributed by atoms with E-state index in [1.54, 1.807) is 25.1 Å². The van der Waals surface area contributed by atoms with Gasteiger partial charge in [0, 0.05) is 18.2 Å². The van der Waals surface area contributed by atoms with Gasteiger partial charge in [-0.05, 0) is 42.3 Å². The van der Waals surface area contributed by atoms with Crippen LogP contribution in [0.2, 0.25) is 0 Å². The van der Waals surface area contributed by atoms with Gasteiger partial charge in [0.2, 0.25) is 5.91 Å². The molecule has 0 saturated carbocycles. The van der Waals surface area contributed by atoms with E-state index < -0.39 is 35.3 Å². The molecule has 2 atom stereocenters. The molecule has 0 saturated heterocycles. The van der Waals surface area contributed by atoms with Crippen molar-refractivity contribution in [3.05, 3.63) is 81.4 Å². The maximum atomic E-state index is 13.5. The fourth-order valence-electron chi connectivity index (χ4n) is 4.22. The number of urea groups is 1. The van der Waals surface area contributed by atoms with E-state index in [4.69, 9.17) is 11.0 Å². The number of anilines is 3. The van der Waals surface area contributed by atoms with Crippen molar-refractivity contribution in [2.75, 3.05) is 16.0 Å². The predicted molar refractivity (Wildman–Crippen MR) is 132 cm³/mol. The Morgan fingerprint density at radius 1 is 1.18 bits per heavy atom. The largest absolute Gasteiger partial charge is 0.416 e. The van der Waals surface area contributed by atoms with Crippen LogP contribution in [0.25, 0.3) is 0 Å². The predicted octanol–water partition coefficient (Wildman–Crippen LogP) is 3.92. The minimum atomic E-state index is -4.55. The van der Waals surface area contributed by atoms with E-state index >= 15 is 0 Å². The molecule has 4 rings (SSSR count). The van der Waals surface area contributed by atoms with Crippen LogP contribution in [-0.4, -0.2) is 21.5 Å². The number of nitriles is 1. The van der Waals surface area contributed by atoms with Gasteiger partial charge in [-0.2, -0.15) is 18.4 Å². The third kappa shape index (κ3) is 5.44. The number of carbonyl (C=O) groups excluding carboxylic acids is 2. The Balaban J connectivity index is 1.69. The van der Waals surface area contributed by atoms with Gasteiger partial charge >= 0.3 is 12.2 Å².